The van der Waals surface area contributed by atoms with Crippen LogP contribution in [0.2, 0.25) is 4.34 Å². The van der Waals surface area contributed by atoms with Gasteiger partial charge in [0.25, 0.3) is 18.2 Å². The number of thiophene rings is 1. The van der Waals surface area contributed by atoms with Crippen LogP contribution >= 0.6 is 22.9 Å². The third kappa shape index (κ3) is 7.81. The number of halogens is 5. The number of carbonyl (C=O) groups is 3. The molecule has 2 aromatic rings. The van der Waals surface area contributed by atoms with Crippen molar-refractivity contribution in [2.24, 2.45) is 0 Å². The lowest BCUT2D eigenvalue weighted by Gasteiger charge is -2.31. The average Bonchev–Trinajstić information content (AvgIpc) is 3.63. The van der Waals surface area contributed by atoms with Gasteiger partial charge in [0, 0.05) is 30.9 Å². The van der Waals surface area contributed by atoms with E-state index in [0.717, 1.165) is 17.4 Å². The number of nitrogens with one attached hydrogen (secondary N) is 2. The summed E-state index contributed by atoms with van der Waals surface area (Å²) in [5.41, 5.74) is 0.103. The monoisotopic (exact) mass is 592 g/mol. The van der Waals surface area contributed by atoms with Crippen molar-refractivity contribution in [3.63, 3.8) is 0 Å². The van der Waals surface area contributed by atoms with E-state index in [2.05, 4.69) is 15.4 Å². The minimum Gasteiger partial charge on any atom is -0.433 e. The lowest BCUT2D eigenvalue weighted by atomic mass is 10.1. The molecule has 0 unspecified atom stereocenters. The largest absolute Gasteiger partial charge is 0.433 e. The number of carbonyl (C=O) groups excluding carboxylic acids is 3. The molecule has 0 bridgehead atoms. The summed E-state index contributed by atoms with van der Waals surface area (Å²) in [7, 11) is 0. The van der Waals surface area contributed by atoms with Gasteiger partial charge in [-0.1, -0.05) is 11.6 Å². The average molecular weight is 593 g/mol. The Morgan fingerprint density at radius 2 is 1.97 bits per heavy atom. The number of rotatable bonds is 12. The van der Waals surface area contributed by atoms with Crippen LogP contribution in [-0.2, 0) is 14.3 Å². The summed E-state index contributed by atoms with van der Waals surface area (Å²) in [6.07, 6.45) is -1.51. The van der Waals surface area contributed by atoms with Gasteiger partial charge in [-0.3, -0.25) is 19.3 Å². The smallest absolute Gasteiger partial charge is 0.387 e. The number of alkyl halides is 4. The van der Waals surface area contributed by atoms with Crippen LogP contribution in [0, 0.1) is 0 Å². The summed E-state index contributed by atoms with van der Waals surface area (Å²) in [4.78, 5) is 41.0. The molecular weight excluding hydrogens is 568 g/mol. The summed E-state index contributed by atoms with van der Waals surface area (Å²) in [5.74, 6) is -2.06. The highest BCUT2D eigenvalue weighted by Crippen LogP contribution is 2.34. The van der Waals surface area contributed by atoms with Gasteiger partial charge in [-0.2, -0.15) is 8.78 Å². The fourth-order valence-corrected chi connectivity index (χ4v) is 5.13. The Bertz CT molecular complexity index is 1200. The van der Waals surface area contributed by atoms with E-state index in [-0.39, 0.29) is 54.3 Å². The number of anilines is 2. The van der Waals surface area contributed by atoms with E-state index in [4.69, 9.17) is 16.3 Å². The Kier molecular flexibility index (Phi) is 9.64. The first-order chi connectivity index (χ1) is 18.6. The number of hydrogen-bond donors (Lipinski definition) is 2. The highest BCUT2D eigenvalue weighted by molar-refractivity contribution is 7.18. The van der Waals surface area contributed by atoms with Crippen LogP contribution in [0.5, 0.6) is 5.75 Å². The third-order valence-corrected chi connectivity index (χ3v) is 7.27. The maximum Gasteiger partial charge on any atom is 0.387 e. The normalized spacial score (nSPS) is 16.6. The molecule has 2 heterocycles. The van der Waals surface area contributed by atoms with Gasteiger partial charge in [0.15, 0.2) is 5.75 Å². The van der Waals surface area contributed by atoms with Gasteiger partial charge in [-0.25, -0.2) is 8.78 Å². The zero-order valence-electron chi connectivity index (χ0n) is 20.4. The van der Waals surface area contributed by atoms with Gasteiger partial charge in [-0.05, 0) is 37.1 Å². The molecule has 9 nitrogen and oxygen atoms in total. The predicted molar refractivity (Wildman–Crippen MR) is 136 cm³/mol. The Labute approximate surface area is 230 Å². The van der Waals surface area contributed by atoms with Crippen LogP contribution in [0.25, 0.3) is 0 Å². The topological polar surface area (TPSA) is 100 Å². The molecule has 3 amide bonds. The fraction of sp³-hybridized carbons (Fsp3) is 0.458. The molecule has 212 valence electrons. The molecule has 1 saturated heterocycles. The summed E-state index contributed by atoms with van der Waals surface area (Å²) >= 11 is 6.90. The van der Waals surface area contributed by atoms with Gasteiger partial charge in [0.2, 0.25) is 5.91 Å². The maximum absolute atomic E-state index is 13.4. The molecule has 15 heteroatoms. The first-order valence-electron chi connectivity index (χ1n) is 12.0. The van der Waals surface area contributed by atoms with Crippen molar-refractivity contribution in [1.82, 2.24) is 10.2 Å². The molecule has 39 heavy (non-hydrogen) atoms. The zero-order valence-corrected chi connectivity index (χ0v) is 22.0. The minimum absolute atomic E-state index is 0.0364. The van der Waals surface area contributed by atoms with Crippen molar-refractivity contribution in [2.75, 3.05) is 43.1 Å². The first kappa shape index (κ1) is 29.1. The number of nitrogens with zero attached hydrogens (tertiary/aromatic N) is 2. The molecule has 0 radical (unpaired) electrons. The Hall–Kier alpha value is -2.94. The van der Waals surface area contributed by atoms with Crippen molar-refractivity contribution in [2.45, 2.75) is 38.0 Å². The summed E-state index contributed by atoms with van der Waals surface area (Å²) in [5, 5.41) is 5.15. The quantitative estimate of drug-likeness (QED) is 0.364. The molecule has 2 fully saturated rings. The van der Waals surface area contributed by atoms with E-state index in [1.807, 2.05) is 0 Å². The second-order valence-electron chi connectivity index (χ2n) is 8.80. The van der Waals surface area contributed by atoms with Crippen molar-refractivity contribution in [3.05, 3.63) is 39.5 Å². The Morgan fingerprint density at radius 3 is 2.59 bits per heavy atom. The van der Waals surface area contributed by atoms with Crippen LogP contribution < -0.4 is 20.3 Å². The van der Waals surface area contributed by atoms with Gasteiger partial charge < -0.3 is 25.0 Å². The van der Waals surface area contributed by atoms with Crippen LogP contribution in [0.1, 0.15) is 22.5 Å². The van der Waals surface area contributed by atoms with E-state index in [0.29, 0.717) is 17.2 Å². The number of ether oxygens (including phenoxy) is 2. The van der Waals surface area contributed by atoms with E-state index >= 15 is 0 Å². The zero-order chi connectivity index (χ0) is 28.1. The highest BCUT2D eigenvalue weighted by Gasteiger charge is 2.39. The number of amides is 3. The standard InChI is InChI=1S/C24H25ClF4N4O5S/c25-19-6-5-18(39-19)23(36)30-10-16(33(11-20(26)27)14-2-3-14)22(35)31-13-1-4-15(17(9-13)38-24(28)29)32-7-8-37-12-21(32)34/h1,4-6,9,14,16,20,24H,2-3,7-8,10-12H2,(H,30,36)(H,31,35)/t16-/m0/s1. The van der Waals surface area contributed by atoms with Crippen molar-refractivity contribution >= 4 is 52.0 Å². The molecule has 0 spiro atoms. The molecule has 2 aliphatic rings. The van der Waals surface area contributed by atoms with Crippen LogP contribution in [0.4, 0.5) is 28.9 Å². The summed E-state index contributed by atoms with van der Waals surface area (Å²) < 4.78 is 63.2. The second kappa shape index (κ2) is 12.9. The molecule has 1 aromatic carbocycles. The third-order valence-electron chi connectivity index (χ3n) is 6.04. The molecule has 1 saturated carbocycles. The molecule has 2 N–H and O–H groups in total. The van der Waals surface area contributed by atoms with E-state index in [1.54, 1.807) is 0 Å². The first-order valence-corrected chi connectivity index (χ1v) is 13.2. The number of hydrogen-bond acceptors (Lipinski definition) is 7. The number of benzene rings is 1. The molecule has 1 aliphatic carbocycles. The molecule has 1 aromatic heterocycles. The lowest BCUT2D eigenvalue weighted by Crippen LogP contribution is -2.53. The van der Waals surface area contributed by atoms with Gasteiger partial charge in [0.05, 0.1) is 28.1 Å². The maximum atomic E-state index is 13.4. The predicted octanol–water partition coefficient (Wildman–Crippen LogP) is 3.83. The molecule has 1 atom stereocenters. The second-order valence-corrected chi connectivity index (χ2v) is 10.5. The molecule has 1 aliphatic heterocycles. The Balaban J connectivity index is 1.55. The minimum atomic E-state index is -3.21. The van der Waals surface area contributed by atoms with Crippen molar-refractivity contribution in [1.29, 1.82) is 0 Å². The molecular formula is C24H25ClF4N4O5S. The van der Waals surface area contributed by atoms with Crippen LogP contribution in [-0.4, -0.2) is 80.6 Å². The van der Waals surface area contributed by atoms with E-state index in [9.17, 15) is 31.9 Å². The van der Waals surface area contributed by atoms with Crippen LogP contribution in [0.3, 0.4) is 0 Å². The van der Waals surface area contributed by atoms with E-state index in [1.165, 1.54) is 34.1 Å². The van der Waals surface area contributed by atoms with Gasteiger partial charge in [-0.15, -0.1) is 11.3 Å². The Morgan fingerprint density at radius 1 is 1.21 bits per heavy atom. The SMILES string of the molecule is O=C(NC[C@@H](C(=O)Nc1ccc(N2CCOCC2=O)c(OC(F)F)c1)N(CC(F)F)C1CC1)c1ccc(Cl)s1. The van der Waals surface area contributed by atoms with Gasteiger partial charge in [0.1, 0.15) is 12.6 Å². The van der Waals surface area contributed by atoms with E-state index < -0.39 is 43.3 Å². The van der Waals surface area contributed by atoms with Crippen molar-refractivity contribution in [3.8, 4) is 5.75 Å². The lowest BCUT2D eigenvalue weighted by molar-refractivity contribution is -0.126. The highest BCUT2D eigenvalue weighted by atomic mass is 35.5. The summed E-state index contributed by atoms with van der Waals surface area (Å²) in [6.45, 7) is -4.10. The van der Waals surface area contributed by atoms with Crippen LogP contribution in [0.15, 0.2) is 30.3 Å². The van der Waals surface area contributed by atoms with Gasteiger partial charge >= 0.3 is 6.61 Å². The fourth-order valence-electron chi connectivity index (χ4n) is 4.17. The van der Waals surface area contributed by atoms with Crippen molar-refractivity contribution < 1.29 is 41.4 Å². The summed E-state index contributed by atoms with van der Waals surface area (Å²) in [6, 6.07) is 5.42. The number of morpholine rings is 1. The molecule has 4 rings (SSSR count).